The molecular formula is C39H42N6O8S3. The molecule has 2 aliphatic carbocycles. The van der Waals surface area contributed by atoms with E-state index in [2.05, 4.69) is 20.5 Å². The Balaban J connectivity index is 1.15. The van der Waals surface area contributed by atoms with Crippen molar-refractivity contribution in [2.45, 2.75) is 86.7 Å². The third-order valence-corrected chi connectivity index (χ3v) is 14.8. The molecule has 4 aromatic rings. The third-order valence-electron chi connectivity index (χ3n) is 11.2. The van der Waals surface area contributed by atoms with Crippen LogP contribution in [-0.2, 0) is 24.4 Å². The van der Waals surface area contributed by atoms with Gasteiger partial charge in [-0.1, -0.05) is 43.2 Å². The number of sulfonamides is 1. The molecule has 4 aliphatic rings. The van der Waals surface area contributed by atoms with Crippen molar-refractivity contribution in [1.29, 1.82) is 0 Å². The van der Waals surface area contributed by atoms with Crippen LogP contribution in [0, 0.1) is 5.92 Å². The van der Waals surface area contributed by atoms with Gasteiger partial charge in [0.25, 0.3) is 11.8 Å². The normalized spacial score (nSPS) is 26.3. The van der Waals surface area contributed by atoms with E-state index < -0.39 is 74.0 Å². The van der Waals surface area contributed by atoms with E-state index >= 15 is 0 Å². The number of allylic oxidation sites excluding steroid dienone is 1. The van der Waals surface area contributed by atoms with Gasteiger partial charge in [-0.25, -0.2) is 13.1 Å². The number of thiophene rings is 2. The molecular weight excluding hydrogens is 777 g/mol. The molecule has 5 heterocycles. The van der Waals surface area contributed by atoms with E-state index in [1.54, 1.807) is 35.0 Å². The van der Waals surface area contributed by atoms with Crippen LogP contribution in [0.2, 0.25) is 0 Å². The van der Waals surface area contributed by atoms with Crippen molar-refractivity contribution in [3.63, 3.8) is 0 Å². The van der Waals surface area contributed by atoms with Gasteiger partial charge in [0.2, 0.25) is 21.8 Å². The SMILES string of the molecule is COc1c(-c2cccc3sccc23)cnn(C2C[C@H]3C(=O)NC4(C(=O)NS(=O)(=O)C5CC5)CC4/C=C\CCCCCC(NC(=O)c4cccs4)C(=O)N3C2)c1=O. The van der Waals surface area contributed by atoms with Crippen LogP contribution in [0.15, 0.2) is 70.3 Å². The number of hydrogen-bond acceptors (Lipinski definition) is 11. The van der Waals surface area contributed by atoms with Crippen molar-refractivity contribution >= 4 is 66.4 Å². The fourth-order valence-electron chi connectivity index (χ4n) is 7.92. The topological polar surface area (TPSA) is 186 Å². The lowest BCUT2D eigenvalue weighted by Crippen LogP contribution is -2.58. The molecule has 0 spiro atoms. The monoisotopic (exact) mass is 818 g/mol. The zero-order valence-corrected chi connectivity index (χ0v) is 33.1. The van der Waals surface area contributed by atoms with E-state index in [1.807, 2.05) is 41.8 Å². The number of nitrogens with zero attached hydrogens (tertiary/aromatic N) is 3. The van der Waals surface area contributed by atoms with E-state index in [1.165, 1.54) is 28.0 Å². The van der Waals surface area contributed by atoms with Crippen molar-refractivity contribution in [3.05, 3.63) is 80.7 Å². The summed E-state index contributed by atoms with van der Waals surface area (Å²) in [6.45, 7) is -0.101. The Kier molecular flexibility index (Phi) is 10.3. The van der Waals surface area contributed by atoms with Crippen molar-refractivity contribution in [1.82, 2.24) is 30.0 Å². The lowest BCUT2D eigenvalue weighted by atomic mass is 10.0. The molecule has 0 radical (unpaired) electrons. The average Bonchev–Trinajstić information content (AvgIpc) is 3.91. The number of nitrogens with one attached hydrogen (secondary N) is 3. The Bertz CT molecular complexity index is 2390. The lowest BCUT2D eigenvalue weighted by molar-refractivity contribution is -0.141. The molecule has 4 amide bonds. The van der Waals surface area contributed by atoms with Gasteiger partial charge in [-0.2, -0.15) is 5.10 Å². The maximum atomic E-state index is 14.6. The van der Waals surface area contributed by atoms with E-state index in [4.69, 9.17) is 4.74 Å². The van der Waals surface area contributed by atoms with Gasteiger partial charge in [-0.15, -0.1) is 22.7 Å². The number of hydrogen-bond donors (Lipinski definition) is 3. The average molecular weight is 819 g/mol. The quantitative estimate of drug-likeness (QED) is 0.220. The predicted octanol–water partition coefficient (Wildman–Crippen LogP) is 4.14. The summed E-state index contributed by atoms with van der Waals surface area (Å²) >= 11 is 2.81. The molecule has 4 unspecified atom stereocenters. The van der Waals surface area contributed by atoms with Crippen molar-refractivity contribution in [2.24, 2.45) is 5.92 Å². The molecule has 3 fully saturated rings. The molecule has 17 heteroatoms. The highest BCUT2D eigenvalue weighted by Gasteiger charge is 2.62. The van der Waals surface area contributed by atoms with Crippen LogP contribution < -0.4 is 25.7 Å². The molecule has 14 nitrogen and oxygen atoms in total. The molecule has 2 saturated carbocycles. The molecule has 56 heavy (non-hydrogen) atoms. The van der Waals surface area contributed by atoms with Crippen LogP contribution in [0.3, 0.4) is 0 Å². The number of ether oxygens (including phenoxy) is 1. The van der Waals surface area contributed by atoms with Gasteiger partial charge in [0.15, 0.2) is 5.75 Å². The molecule has 3 N–H and O–H groups in total. The number of carbonyl (C=O) groups excluding carboxylic acids is 4. The fraction of sp³-hybridized carbons (Fsp3) is 0.436. The molecule has 0 bridgehead atoms. The zero-order chi connectivity index (χ0) is 39.2. The van der Waals surface area contributed by atoms with Crippen LogP contribution >= 0.6 is 22.7 Å². The molecule has 3 aromatic heterocycles. The third kappa shape index (κ3) is 7.27. The van der Waals surface area contributed by atoms with E-state index in [-0.39, 0.29) is 25.1 Å². The van der Waals surface area contributed by atoms with Gasteiger partial charge >= 0.3 is 5.56 Å². The summed E-state index contributed by atoms with van der Waals surface area (Å²) in [5.41, 5.74) is -0.819. The number of fused-ring (bicyclic) bond motifs is 3. The predicted molar refractivity (Wildman–Crippen MR) is 212 cm³/mol. The Hall–Kier alpha value is -4.87. The molecule has 294 valence electrons. The van der Waals surface area contributed by atoms with E-state index in [0.717, 1.165) is 28.5 Å². The second kappa shape index (κ2) is 15.2. The van der Waals surface area contributed by atoms with Crippen LogP contribution in [-0.4, -0.2) is 83.3 Å². The molecule has 1 aromatic carbocycles. The summed E-state index contributed by atoms with van der Waals surface area (Å²) in [4.78, 5) is 72.2. The fourth-order valence-corrected chi connectivity index (χ4v) is 10.7. The first-order valence-corrected chi connectivity index (χ1v) is 22.1. The molecule has 1 saturated heterocycles. The Labute approximate surface area is 331 Å². The van der Waals surface area contributed by atoms with Crippen LogP contribution in [0.5, 0.6) is 5.75 Å². The first-order valence-electron chi connectivity index (χ1n) is 18.8. The maximum absolute atomic E-state index is 14.6. The van der Waals surface area contributed by atoms with Crippen LogP contribution in [0.25, 0.3) is 21.2 Å². The number of aromatic nitrogens is 2. The summed E-state index contributed by atoms with van der Waals surface area (Å²) < 4.78 is 35.9. The number of amides is 4. The minimum absolute atomic E-state index is 0.0444. The minimum Gasteiger partial charge on any atom is -0.491 e. The summed E-state index contributed by atoms with van der Waals surface area (Å²) in [6, 6.07) is 8.19. The maximum Gasteiger partial charge on any atom is 0.310 e. The highest BCUT2D eigenvalue weighted by Crippen LogP contribution is 2.46. The van der Waals surface area contributed by atoms with Crippen molar-refractivity contribution in [3.8, 4) is 16.9 Å². The first kappa shape index (κ1) is 38.0. The van der Waals surface area contributed by atoms with E-state index in [9.17, 15) is 32.4 Å². The summed E-state index contributed by atoms with van der Waals surface area (Å²) in [6.07, 6.45) is 9.55. The Morgan fingerprint density at radius 1 is 1.00 bits per heavy atom. The lowest BCUT2D eigenvalue weighted by Gasteiger charge is -2.30. The van der Waals surface area contributed by atoms with Crippen LogP contribution in [0.4, 0.5) is 0 Å². The van der Waals surface area contributed by atoms with Gasteiger partial charge in [-0.05, 0) is 73.0 Å². The van der Waals surface area contributed by atoms with Crippen molar-refractivity contribution in [2.75, 3.05) is 13.7 Å². The van der Waals surface area contributed by atoms with Crippen molar-refractivity contribution < 1.29 is 32.3 Å². The second-order valence-corrected chi connectivity index (χ2v) is 18.7. The standard InChI is InChI=1S/C39H42N6O8S3/c1-53-33-28(26-10-7-12-31-27(26)16-18-55-31)21-40-45(37(33)49)24-19-30-34(46)42-39(38(50)43-56(51,52)25-14-15-25)20-23(39)9-5-3-2-4-6-11-29(36(48)44(30)22-24)41-35(47)32-13-8-17-54-32/h5,7-10,12-13,16-18,21,23-25,29-30H,2-4,6,11,14-15,19-20,22H2,1H3,(H,41,47)(H,42,46)(H,43,50)/b9-5-/t23?,24?,29?,30-,39?/m0/s1. The highest BCUT2D eigenvalue weighted by atomic mass is 32.2. The minimum atomic E-state index is -3.92. The van der Waals surface area contributed by atoms with Gasteiger partial charge in [-0.3, -0.25) is 28.7 Å². The second-order valence-electron chi connectivity index (χ2n) is 14.9. The zero-order valence-electron chi connectivity index (χ0n) is 30.6. The van der Waals surface area contributed by atoms with Gasteiger partial charge in [0, 0.05) is 29.0 Å². The number of benzene rings is 1. The molecule has 5 atom stereocenters. The van der Waals surface area contributed by atoms with E-state index in [0.29, 0.717) is 42.5 Å². The number of rotatable bonds is 8. The van der Waals surface area contributed by atoms with Crippen LogP contribution in [0.1, 0.15) is 73.5 Å². The number of methoxy groups -OCH3 is 1. The van der Waals surface area contributed by atoms with Gasteiger partial charge in [0.1, 0.15) is 17.6 Å². The molecule has 8 rings (SSSR count). The van der Waals surface area contributed by atoms with Gasteiger partial charge in [0.05, 0.1) is 35.0 Å². The van der Waals surface area contributed by atoms with Gasteiger partial charge < -0.3 is 20.3 Å². The summed E-state index contributed by atoms with van der Waals surface area (Å²) in [5.74, 6) is -2.81. The molecule has 2 aliphatic heterocycles. The largest absolute Gasteiger partial charge is 0.491 e. The summed E-state index contributed by atoms with van der Waals surface area (Å²) in [5, 5.41) is 14.4. The Morgan fingerprint density at radius 2 is 1.84 bits per heavy atom. The highest BCUT2D eigenvalue weighted by molar-refractivity contribution is 7.91. The smallest absolute Gasteiger partial charge is 0.310 e. The number of carbonyl (C=O) groups is 4. The summed E-state index contributed by atoms with van der Waals surface area (Å²) in [7, 11) is -2.51. The first-order chi connectivity index (χ1) is 27.0. The Morgan fingerprint density at radius 3 is 2.61 bits per heavy atom.